The second-order valence-corrected chi connectivity index (χ2v) is 6.94. The predicted molar refractivity (Wildman–Crippen MR) is 97.6 cm³/mol. The van der Waals surface area contributed by atoms with Gasteiger partial charge in [0.15, 0.2) is 5.82 Å². The Labute approximate surface area is 148 Å². The molecule has 130 valence electrons. The van der Waals surface area contributed by atoms with Crippen molar-refractivity contribution in [1.82, 2.24) is 15.1 Å². The third-order valence-corrected chi connectivity index (χ3v) is 5.09. The smallest absolute Gasteiger partial charge is 0.223 e. The first-order valence-electron chi connectivity index (χ1n) is 9.20. The van der Waals surface area contributed by atoms with E-state index >= 15 is 0 Å². The molecule has 5 nitrogen and oxygen atoms in total. The Balaban J connectivity index is 1.26. The van der Waals surface area contributed by atoms with Crippen molar-refractivity contribution < 1.29 is 4.79 Å². The highest BCUT2D eigenvalue weighted by molar-refractivity contribution is 5.76. The van der Waals surface area contributed by atoms with Crippen LogP contribution in [0, 0.1) is 0 Å². The number of benzene rings is 1. The van der Waals surface area contributed by atoms with E-state index in [2.05, 4.69) is 39.4 Å². The lowest BCUT2D eigenvalue weighted by molar-refractivity contribution is -0.131. The number of amides is 1. The van der Waals surface area contributed by atoms with E-state index < -0.39 is 0 Å². The molecule has 2 aliphatic rings. The van der Waals surface area contributed by atoms with Gasteiger partial charge in [0, 0.05) is 38.5 Å². The minimum atomic E-state index is 0.249. The number of hydrogen-bond acceptors (Lipinski definition) is 4. The molecule has 2 aromatic rings. The zero-order valence-corrected chi connectivity index (χ0v) is 14.5. The summed E-state index contributed by atoms with van der Waals surface area (Å²) in [6.45, 7) is 3.18. The number of carbonyl (C=O) groups excluding carboxylic acids is 1. The number of hydrogen-bond donors (Lipinski definition) is 0. The Hall–Kier alpha value is -2.43. The molecule has 2 heterocycles. The second kappa shape index (κ2) is 7.21. The van der Waals surface area contributed by atoms with Gasteiger partial charge in [0.1, 0.15) is 0 Å². The molecule has 25 heavy (non-hydrogen) atoms. The van der Waals surface area contributed by atoms with Crippen molar-refractivity contribution in [3.63, 3.8) is 0 Å². The van der Waals surface area contributed by atoms with Crippen molar-refractivity contribution in [1.29, 1.82) is 0 Å². The Morgan fingerprint density at radius 1 is 0.960 bits per heavy atom. The van der Waals surface area contributed by atoms with Gasteiger partial charge in [-0.25, -0.2) is 0 Å². The molecule has 0 spiro atoms. The van der Waals surface area contributed by atoms with E-state index in [1.54, 1.807) is 0 Å². The minimum Gasteiger partial charge on any atom is -0.352 e. The third-order valence-electron chi connectivity index (χ3n) is 5.09. The van der Waals surface area contributed by atoms with Crippen LogP contribution in [0.1, 0.15) is 36.4 Å². The lowest BCUT2D eigenvalue weighted by atomic mass is 10.1. The molecule has 2 fully saturated rings. The molecule has 1 aromatic carbocycles. The fourth-order valence-electron chi connectivity index (χ4n) is 3.34. The van der Waals surface area contributed by atoms with Crippen LogP contribution in [0.15, 0.2) is 42.5 Å². The van der Waals surface area contributed by atoms with Gasteiger partial charge in [-0.1, -0.05) is 30.3 Å². The average molecular weight is 336 g/mol. The van der Waals surface area contributed by atoms with Crippen molar-refractivity contribution in [2.45, 2.75) is 31.6 Å². The van der Waals surface area contributed by atoms with Crippen molar-refractivity contribution >= 4 is 11.7 Å². The SMILES string of the molecule is O=C(CCc1ccccc1)N1CCN(c2ccc(C3CC3)nn2)CC1. The highest BCUT2D eigenvalue weighted by atomic mass is 16.2. The Kier molecular flexibility index (Phi) is 4.63. The molecule has 1 aliphatic heterocycles. The first kappa shape index (κ1) is 16.1. The molecule has 0 N–H and O–H groups in total. The zero-order valence-electron chi connectivity index (χ0n) is 14.5. The molecule has 1 amide bonds. The zero-order chi connectivity index (χ0) is 17.1. The Morgan fingerprint density at radius 2 is 1.72 bits per heavy atom. The van der Waals surface area contributed by atoms with E-state index in [0.29, 0.717) is 12.3 Å². The minimum absolute atomic E-state index is 0.249. The standard InChI is InChI=1S/C20H24N4O/c25-20(11-6-16-4-2-1-3-5-16)24-14-12-23(13-15-24)19-10-9-18(21-22-19)17-7-8-17/h1-5,9-10,17H,6-8,11-15H2. The van der Waals surface area contributed by atoms with E-state index in [1.807, 2.05) is 23.1 Å². The van der Waals surface area contributed by atoms with Crippen molar-refractivity contribution in [3.05, 3.63) is 53.7 Å². The largest absolute Gasteiger partial charge is 0.352 e. The topological polar surface area (TPSA) is 49.3 Å². The van der Waals surface area contributed by atoms with Gasteiger partial charge >= 0.3 is 0 Å². The molecule has 1 aromatic heterocycles. The average Bonchev–Trinajstić information content (AvgIpc) is 3.53. The van der Waals surface area contributed by atoms with Crippen LogP contribution in [0.3, 0.4) is 0 Å². The maximum atomic E-state index is 12.4. The first-order chi connectivity index (χ1) is 12.3. The summed E-state index contributed by atoms with van der Waals surface area (Å²) in [4.78, 5) is 16.6. The Morgan fingerprint density at radius 3 is 2.36 bits per heavy atom. The summed E-state index contributed by atoms with van der Waals surface area (Å²) in [7, 11) is 0. The highest BCUT2D eigenvalue weighted by Crippen LogP contribution is 2.38. The van der Waals surface area contributed by atoms with Crippen molar-refractivity contribution in [2.24, 2.45) is 0 Å². The van der Waals surface area contributed by atoms with Gasteiger partial charge < -0.3 is 9.80 Å². The third kappa shape index (κ3) is 3.98. The van der Waals surface area contributed by atoms with Gasteiger partial charge in [0.25, 0.3) is 0 Å². The summed E-state index contributed by atoms with van der Waals surface area (Å²) < 4.78 is 0. The lowest BCUT2D eigenvalue weighted by Crippen LogP contribution is -2.49. The first-order valence-corrected chi connectivity index (χ1v) is 9.20. The van der Waals surface area contributed by atoms with Gasteiger partial charge in [-0.2, -0.15) is 5.10 Å². The molecular weight excluding hydrogens is 312 g/mol. The van der Waals surface area contributed by atoms with Gasteiger partial charge in [-0.3, -0.25) is 4.79 Å². The molecule has 0 unspecified atom stereocenters. The number of piperazine rings is 1. The molecule has 1 aliphatic carbocycles. The van der Waals surface area contributed by atoms with Gasteiger partial charge in [0.2, 0.25) is 5.91 Å². The van der Waals surface area contributed by atoms with E-state index in [9.17, 15) is 4.79 Å². The monoisotopic (exact) mass is 336 g/mol. The van der Waals surface area contributed by atoms with Crippen LogP contribution < -0.4 is 4.90 Å². The van der Waals surface area contributed by atoms with Crippen LogP contribution in [0.2, 0.25) is 0 Å². The predicted octanol–water partition coefficient (Wildman–Crippen LogP) is 2.64. The molecule has 4 rings (SSSR count). The number of anilines is 1. The number of rotatable bonds is 5. The maximum Gasteiger partial charge on any atom is 0.223 e. The summed E-state index contributed by atoms with van der Waals surface area (Å²) in [6, 6.07) is 14.4. The molecular formula is C20H24N4O. The normalized spacial score (nSPS) is 17.6. The van der Waals surface area contributed by atoms with E-state index in [4.69, 9.17) is 0 Å². The number of aromatic nitrogens is 2. The summed E-state index contributed by atoms with van der Waals surface area (Å²) in [6.07, 6.45) is 3.89. The lowest BCUT2D eigenvalue weighted by Gasteiger charge is -2.35. The summed E-state index contributed by atoms with van der Waals surface area (Å²) in [5.41, 5.74) is 2.35. The van der Waals surface area contributed by atoms with Gasteiger partial charge in [-0.15, -0.1) is 5.10 Å². The molecule has 1 saturated carbocycles. The second-order valence-electron chi connectivity index (χ2n) is 6.94. The molecule has 5 heteroatoms. The molecule has 0 radical (unpaired) electrons. The number of aryl methyl sites for hydroxylation is 1. The fourth-order valence-corrected chi connectivity index (χ4v) is 3.34. The van der Waals surface area contributed by atoms with E-state index in [-0.39, 0.29) is 5.91 Å². The number of nitrogens with zero attached hydrogens (tertiary/aromatic N) is 4. The molecule has 1 saturated heterocycles. The molecule has 0 atom stereocenters. The number of carbonyl (C=O) groups is 1. The van der Waals surface area contributed by atoms with Crippen LogP contribution in [0.25, 0.3) is 0 Å². The Bertz CT molecular complexity index is 704. The highest BCUT2D eigenvalue weighted by Gasteiger charge is 2.26. The summed E-state index contributed by atoms with van der Waals surface area (Å²) >= 11 is 0. The molecule has 0 bridgehead atoms. The maximum absolute atomic E-state index is 12.4. The van der Waals surface area contributed by atoms with Crippen molar-refractivity contribution in [2.75, 3.05) is 31.1 Å². The van der Waals surface area contributed by atoms with Crippen molar-refractivity contribution in [3.8, 4) is 0 Å². The van der Waals surface area contributed by atoms with Gasteiger partial charge in [-0.05, 0) is 37.0 Å². The van der Waals surface area contributed by atoms with E-state index in [0.717, 1.165) is 44.1 Å². The van der Waals surface area contributed by atoms with Crippen LogP contribution in [0.5, 0.6) is 0 Å². The fraction of sp³-hybridized carbons (Fsp3) is 0.450. The summed E-state index contributed by atoms with van der Waals surface area (Å²) in [5, 5.41) is 8.74. The van der Waals surface area contributed by atoms with Gasteiger partial charge in [0.05, 0.1) is 5.69 Å². The van der Waals surface area contributed by atoms with Crippen LogP contribution >= 0.6 is 0 Å². The van der Waals surface area contributed by atoms with Crippen LogP contribution in [0.4, 0.5) is 5.82 Å². The quantitative estimate of drug-likeness (QED) is 0.842. The van der Waals surface area contributed by atoms with Crippen LogP contribution in [-0.2, 0) is 11.2 Å². The summed E-state index contributed by atoms with van der Waals surface area (Å²) in [5.74, 6) is 1.82. The van der Waals surface area contributed by atoms with E-state index in [1.165, 1.54) is 18.4 Å². The van der Waals surface area contributed by atoms with Crippen LogP contribution in [-0.4, -0.2) is 47.2 Å².